The molecule has 0 bridgehead atoms. The van der Waals surface area contributed by atoms with Crippen molar-refractivity contribution >= 4 is 11.8 Å². The lowest BCUT2D eigenvalue weighted by molar-refractivity contribution is 0.402. The Labute approximate surface area is 103 Å². The van der Waals surface area contributed by atoms with E-state index < -0.39 is 0 Å². The van der Waals surface area contributed by atoms with Crippen LogP contribution < -0.4 is 4.74 Å². The first-order chi connectivity index (χ1) is 7.56. The number of aromatic nitrogens is 1. The number of thioether (sulfide) groups is 1. The molecule has 0 saturated heterocycles. The molecule has 0 aliphatic heterocycles. The van der Waals surface area contributed by atoms with Gasteiger partial charge >= 0.3 is 0 Å². The number of hydrogen-bond acceptors (Lipinski definition) is 3. The van der Waals surface area contributed by atoms with Crippen molar-refractivity contribution in [3.63, 3.8) is 0 Å². The zero-order valence-electron chi connectivity index (χ0n) is 11.0. The van der Waals surface area contributed by atoms with Crippen LogP contribution in [0.25, 0.3) is 0 Å². The third-order valence-electron chi connectivity index (χ3n) is 2.78. The minimum Gasteiger partial charge on any atom is -0.496 e. The number of ether oxygens (including phenoxy) is 1. The lowest BCUT2D eigenvalue weighted by Gasteiger charge is -2.18. The fourth-order valence-corrected chi connectivity index (χ4v) is 2.69. The smallest absolute Gasteiger partial charge is 0.129 e. The molecule has 1 aromatic heterocycles. The van der Waals surface area contributed by atoms with Crippen LogP contribution in [-0.2, 0) is 6.42 Å². The Balaban J connectivity index is 3.48. The SMILES string of the molecule is CCc1c(SC)nc(C(C)C)c(C)c1OC. The highest BCUT2D eigenvalue weighted by Gasteiger charge is 2.17. The predicted molar refractivity (Wildman–Crippen MR) is 70.8 cm³/mol. The molecule has 90 valence electrons. The average Bonchev–Trinajstić information content (AvgIpc) is 2.27. The van der Waals surface area contributed by atoms with Gasteiger partial charge in [-0.15, -0.1) is 11.8 Å². The Morgan fingerprint density at radius 3 is 2.38 bits per heavy atom. The van der Waals surface area contributed by atoms with Gasteiger partial charge in [-0.25, -0.2) is 4.98 Å². The monoisotopic (exact) mass is 239 g/mol. The molecule has 1 heterocycles. The van der Waals surface area contributed by atoms with Crippen LogP contribution in [0, 0.1) is 6.92 Å². The van der Waals surface area contributed by atoms with Gasteiger partial charge in [-0.2, -0.15) is 0 Å². The number of pyridine rings is 1. The van der Waals surface area contributed by atoms with E-state index in [4.69, 9.17) is 9.72 Å². The Hall–Kier alpha value is -0.700. The number of nitrogens with zero attached hydrogens (tertiary/aromatic N) is 1. The highest BCUT2D eigenvalue weighted by molar-refractivity contribution is 7.98. The first-order valence-corrected chi connectivity index (χ1v) is 6.90. The molecule has 0 spiro atoms. The van der Waals surface area contributed by atoms with Gasteiger partial charge < -0.3 is 4.74 Å². The van der Waals surface area contributed by atoms with Crippen molar-refractivity contribution in [2.75, 3.05) is 13.4 Å². The van der Waals surface area contributed by atoms with Crippen LogP contribution in [0.3, 0.4) is 0 Å². The van der Waals surface area contributed by atoms with E-state index in [-0.39, 0.29) is 0 Å². The number of methoxy groups -OCH3 is 1. The third-order valence-corrected chi connectivity index (χ3v) is 3.50. The molecule has 0 N–H and O–H groups in total. The standard InChI is InChI=1S/C13H21NOS/c1-7-10-12(15-5)9(4)11(8(2)3)14-13(10)16-6/h8H,7H2,1-6H3. The van der Waals surface area contributed by atoms with Crippen molar-refractivity contribution in [2.45, 2.75) is 45.1 Å². The summed E-state index contributed by atoms with van der Waals surface area (Å²) in [5.74, 6) is 1.45. The normalized spacial score (nSPS) is 10.9. The Bertz CT molecular complexity index is 375. The van der Waals surface area contributed by atoms with E-state index in [9.17, 15) is 0 Å². The van der Waals surface area contributed by atoms with Gasteiger partial charge in [-0.3, -0.25) is 0 Å². The van der Waals surface area contributed by atoms with Crippen LogP contribution >= 0.6 is 11.8 Å². The van der Waals surface area contributed by atoms with Crippen LogP contribution in [0.1, 0.15) is 43.5 Å². The van der Waals surface area contributed by atoms with E-state index in [1.165, 1.54) is 11.1 Å². The fourth-order valence-electron chi connectivity index (χ4n) is 2.02. The van der Waals surface area contributed by atoms with Crippen molar-refractivity contribution in [2.24, 2.45) is 0 Å². The Morgan fingerprint density at radius 1 is 1.38 bits per heavy atom. The molecule has 0 aliphatic rings. The summed E-state index contributed by atoms with van der Waals surface area (Å²) < 4.78 is 5.55. The van der Waals surface area contributed by atoms with Crippen molar-refractivity contribution in [3.05, 3.63) is 16.8 Å². The molecule has 0 saturated carbocycles. The highest BCUT2D eigenvalue weighted by atomic mass is 32.2. The van der Waals surface area contributed by atoms with Crippen LogP contribution in [-0.4, -0.2) is 18.3 Å². The number of rotatable bonds is 4. The summed E-state index contributed by atoms with van der Waals surface area (Å²) >= 11 is 1.70. The van der Waals surface area contributed by atoms with Gasteiger partial charge in [-0.1, -0.05) is 20.8 Å². The van der Waals surface area contributed by atoms with E-state index in [0.29, 0.717) is 5.92 Å². The molecule has 0 unspecified atom stereocenters. The average molecular weight is 239 g/mol. The van der Waals surface area contributed by atoms with Crippen molar-refractivity contribution in [3.8, 4) is 5.75 Å². The zero-order chi connectivity index (χ0) is 12.3. The summed E-state index contributed by atoms with van der Waals surface area (Å²) in [5.41, 5.74) is 3.57. The topological polar surface area (TPSA) is 22.1 Å². The quantitative estimate of drug-likeness (QED) is 0.746. The van der Waals surface area contributed by atoms with E-state index >= 15 is 0 Å². The molecule has 0 aliphatic carbocycles. The maximum absolute atomic E-state index is 5.55. The summed E-state index contributed by atoms with van der Waals surface area (Å²) in [6, 6.07) is 0. The Kier molecular flexibility index (Phi) is 4.66. The lowest BCUT2D eigenvalue weighted by atomic mass is 10.0. The minimum absolute atomic E-state index is 0.436. The molecule has 1 aromatic rings. The van der Waals surface area contributed by atoms with Crippen LogP contribution in [0.4, 0.5) is 0 Å². The second kappa shape index (κ2) is 5.58. The molecular formula is C13H21NOS. The molecule has 16 heavy (non-hydrogen) atoms. The maximum atomic E-state index is 5.55. The van der Waals surface area contributed by atoms with Crippen LogP contribution in [0.5, 0.6) is 5.75 Å². The largest absolute Gasteiger partial charge is 0.496 e. The zero-order valence-corrected chi connectivity index (χ0v) is 11.9. The second-order valence-corrected chi connectivity index (χ2v) is 4.95. The summed E-state index contributed by atoms with van der Waals surface area (Å²) in [5, 5.41) is 1.11. The summed E-state index contributed by atoms with van der Waals surface area (Å²) in [6.45, 7) is 8.59. The molecule has 2 nitrogen and oxygen atoms in total. The molecule has 0 aromatic carbocycles. The fraction of sp³-hybridized carbons (Fsp3) is 0.615. The van der Waals surface area contributed by atoms with Gasteiger partial charge in [0.05, 0.1) is 12.8 Å². The summed E-state index contributed by atoms with van der Waals surface area (Å²) in [4.78, 5) is 4.75. The van der Waals surface area contributed by atoms with E-state index in [0.717, 1.165) is 22.9 Å². The van der Waals surface area contributed by atoms with E-state index in [2.05, 4.69) is 34.0 Å². The van der Waals surface area contributed by atoms with Gasteiger partial charge in [0.1, 0.15) is 10.8 Å². The Morgan fingerprint density at radius 2 is 2.00 bits per heavy atom. The third kappa shape index (κ3) is 2.34. The van der Waals surface area contributed by atoms with Gasteiger partial charge in [0.25, 0.3) is 0 Å². The first kappa shape index (κ1) is 13.4. The molecule has 1 rings (SSSR count). The van der Waals surface area contributed by atoms with Gasteiger partial charge in [0, 0.05) is 11.1 Å². The predicted octanol–water partition coefficient (Wildman–Crippen LogP) is 3.81. The molecular weight excluding hydrogens is 218 g/mol. The van der Waals surface area contributed by atoms with Gasteiger partial charge in [0.15, 0.2) is 0 Å². The second-order valence-electron chi connectivity index (χ2n) is 4.15. The van der Waals surface area contributed by atoms with Gasteiger partial charge in [0.2, 0.25) is 0 Å². The molecule has 0 atom stereocenters. The van der Waals surface area contributed by atoms with Crippen molar-refractivity contribution < 1.29 is 4.74 Å². The molecule has 0 fully saturated rings. The molecule has 0 amide bonds. The summed E-state index contributed by atoms with van der Waals surface area (Å²) in [6.07, 6.45) is 3.03. The van der Waals surface area contributed by atoms with E-state index in [1.807, 2.05) is 0 Å². The molecule has 0 radical (unpaired) electrons. The van der Waals surface area contributed by atoms with Crippen molar-refractivity contribution in [1.82, 2.24) is 4.98 Å². The van der Waals surface area contributed by atoms with Crippen LogP contribution in [0.2, 0.25) is 0 Å². The first-order valence-electron chi connectivity index (χ1n) is 5.68. The highest BCUT2D eigenvalue weighted by Crippen LogP contribution is 2.34. The van der Waals surface area contributed by atoms with Crippen LogP contribution in [0.15, 0.2) is 5.03 Å². The minimum atomic E-state index is 0.436. The lowest BCUT2D eigenvalue weighted by Crippen LogP contribution is -2.05. The molecule has 3 heteroatoms. The maximum Gasteiger partial charge on any atom is 0.129 e. The summed E-state index contributed by atoms with van der Waals surface area (Å²) in [7, 11) is 1.75. The van der Waals surface area contributed by atoms with Gasteiger partial charge in [-0.05, 0) is 25.5 Å². The number of hydrogen-bond donors (Lipinski definition) is 0. The van der Waals surface area contributed by atoms with Crippen molar-refractivity contribution in [1.29, 1.82) is 0 Å². The van der Waals surface area contributed by atoms with E-state index in [1.54, 1.807) is 18.9 Å².